The first-order chi connectivity index (χ1) is 12.0. The quantitative estimate of drug-likeness (QED) is 0.852. The summed E-state index contributed by atoms with van der Waals surface area (Å²) in [5.74, 6) is -0.593. The van der Waals surface area contributed by atoms with Gasteiger partial charge in [-0.25, -0.2) is 0 Å². The molecule has 2 fully saturated rings. The fourth-order valence-corrected chi connectivity index (χ4v) is 4.11. The molecule has 0 unspecified atom stereocenters. The summed E-state index contributed by atoms with van der Waals surface area (Å²) in [6.45, 7) is 3.56. The Morgan fingerprint density at radius 1 is 1.12 bits per heavy atom. The molecule has 0 spiro atoms. The molecule has 0 radical (unpaired) electrons. The Bertz CT molecular complexity index is 661. The van der Waals surface area contributed by atoms with Crippen LogP contribution in [0.15, 0.2) is 18.2 Å². The van der Waals surface area contributed by atoms with E-state index in [1.807, 2.05) is 32.0 Å². The van der Waals surface area contributed by atoms with Crippen LogP contribution >= 0.6 is 0 Å². The van der Waals surface area contributed by atoms with Crippen LogP contribution in [0.25, 0.3) is 0 Å². The van der Waals surface area contributed by atoms with Gasteiger partial charge in [-0.15, -0.1) is 0 Å². The van der Waals surface area contributed by atoms with Crippen molar-refractivity contribution in [3.8, 4) is 0 Å². The molecular formula is C20H25NO4. The number of hydrogen-bond donors (Lipinski definition) is 1. The van der Waals surface area contributed by atoms with E-state index in [9.17, 15) is 14.4 Å². The van der Waals surface area contributed by atoms with Crippen LogP contribution in [-0.4, -0.2) is 24.3 Å². The van der Waals surface area contributed by atoms with Gasteiger partial charge in [0, 0.05) is 17.5 Å². The van der Waals surface area contributed by atoms with Crippen molar-refractivity contribution in [2.75, 3.05) is 11.9 Å². The highest BCUT2D eigenvalue weighted by molar-refractivity contribution is 5.94. The zero-order chi connectivity index (χ0) is 18.0. The minimum atomic E-state index is -0.346. The molecule has 2 aliphatic rings. The van der Waals surface area contributed by atoms with Gasteiger partial charge in [-0.1, -0.05) is 24.6 Å². The third-order valence-electron chi connectivity index (χ3n) is 5.47. The maximum Gasteiger partial charge on any atom is 0.309 e. The van der Waals surface area contributed by atoms with Gasteiger partial charge in [0.2, 0.25) is 0 Å². The summed E-state index contributed by atoms with van der Waals surface area (Å²) >= 11 is 0. The molecule has 0 heterocycles. The molecular weight excluding hydrogens is 318 g/mol. The van der Waals surface area contributed by atoms with Gasteiger partial charge in [-0.2, -0.15) is 0 Å². The minimum Gasteiger partial charge on any atom is -0.455 e. The first-order valence-corrected chi connectivity index (χ1v) is 9.02. The van der Waals surface area contributed by atoms with Crippen LogP contribution in [0.3, 0.4) is 0 Å². The monoisotopic (exact) mass is 343 g/mol. The number of nitrogens with one attached hydrogen (secondary N) is 1. The smallest absolute Gasteiger partial charge is 0.309 e. The van der Waals surface area contributed by atoms with Crippen molar-refractivity contribution in [2.45, 2.75) is 46.0 Å². The van der Waals surface area contributed by atoms with E-state index >= 15 is 0 Å². The molecule has 25 heavy (non-hydrogen) atoms. The lowest BCUT2D eigenvalue weighted by atomic mass is 9.67. The SMILES string of the molecule is Cc1cccc(C)c1NC(=O)COC(=O)C1C[C@H]2CCC[C@H](C1)C2=O. The van der Waals surface area contributed by atoms with Crippen molar-refractivity contribution in [2.24, 2.45) is 17.8 Å². The van der Waals surface area contributed by atoms with Gasteiger partial charge in [0.05, 0.1) is 5.92 Å². The van der Waals surface area contributed by atoms with E-state index in [0.717, 1.165) is 36.1 Å². The number of amides is 1. The van der Waals surface area contributed by atoms with Crippen LogP contribution < -0.4 is 5.32 Å². The third-order valence-corrected chi connectivity index (χ3v) is 5.47. The molecule has 1 amide bonds. The number of anilines is 1. The maximum absolute atomic E-state index is 12.3. The van der Waals surface area contributed by atoms with Gasteiger partial charge in [0.25, 0.3) is 5.91 Å². The summed E-state index contributed by atoms with van der Waals surface area (Å²) in [4.78, 5) is 36.5. The number of ketones is 1. The molecule has 2 aliphatic carbocycles. The highest BCUT2D eigenvalue weighted by Crippen LogP contribution is 2.40. The fraction of sp³-hybridized carbons (Fsp3) is 0.550. The van der Waals surface area contributed by atoms with Crippen LogP contribution in [0.5, 0.6) is 0 Å². The Balaban J connectivity index is 1.52. The van der Waals surface area contributed by atoms with Crippen LogP contribution in [-0.2, 0) is 19.1 Å². The molecule has 0 saturated heterocycles. The lowest BCUT2D eigenvalue weighted by Gasteiger charge is -2.36. The van der Waals surface area contributed by atoms with E-state index < -0.39 is 0 Å². The van der Waals surface area contributed by atoms with Gasteiger partial charge in [-0.3, -0.25) is 14.4 Å². The average Bonchev–Trinajstić information content (AvgIpc) is 2.56. The van der Waals surface area contributed by atoms with Gasteiger partial charge < -0.3 is 10.1 Å². The zero-order valence-electron chi connectivity index (χ0n) is 14.8. The predicted molar refractivity (Wildman–Crippen MR) is 94.1 cm³/mol. The van der Waals surface area contributed by atoms with Crippen molar-refractivity contribution < 1.29 is 19.1 Å². The molecule has 0 aromatic heterocycles. The Labute approximate surface area is 148 Å². The second-order valence-corrected chi connectivity index (χ2v) is 7.32. The van der Waals surface area contributed by atoms with E-state index in [0.29, 0.717) is 18.6 Å². The van der Waals surface area contributed by atoms with Gasteiger partial charge in [0.1, 0.15) is 5.78 Å². The Morgan fingerprint density at radius 2 is 1.72 bits per heavy atom. The van der Waals surface area contributed by atoms with Crippen molar-refractivity contribution in [3.05, 3.63) is 29.3 Å². The first kappa shape index (κ1) is 17.6. The van der Waals surface area contributed by atoms with Gasteiger partial charge in [0.15, 0.2) is 6.61 Å². The predicted octanol–water partition coefficient (Wildman–Crippen LogP) is 3.18. The van der Waals surface area contributed by atoms with E-state index in [-0.39, 0.29) is 36.2 Å². The summed E-state index contributed by atoms with van der Waals surface area (Å²) in [7, 11) is 0. The van der Waals surface area contributed by atoms with E-state index in [1.165, 1.54) is 0 Å². The summed E-state index contributed by atoms with van der Waals surface area (Å²) in [5.41, 5.74) is 2.71. The number of carbonyl (C=O) groups excluding carboxylic acids is 3. The Morgan fingerprint density at radius 3 is 2.32 bits per heavy atom. The van der Waals surface area contributed by atoms with Crippen LogP contribution in [0, 0.1) is 31.6 Å². The lowest BCUT2D eigenvalue weighted by molar-refractivity contribution is -0.155. The standard InChI is InChI=1S/C20H25NO4/c1-12-5-3-6-13(2)18(12)21-17(22)11-25-20(24)16-9-14-7-4-8-15(10-16)19(14)23/h3,5-6,14-16H,4,7-11H2,1-2H3,(H,21,22)/t14-,15-/m1/s1. The molecule has 1 aromatic carbocycles. The van der Waals surface area contributed by atoms with E-state index in [1.54, 1.807) is 0 Å². The van der Waals surface area contributed by atoms with Crippen molar-refractivity contribution in [3.63, 3.8) is 0 Å². The molecule has 2 bridgehead atoms. The fourth-order valence-electron chi connectivity index (χ4n) is 4.11. The van der Waals surface area contributed by atoms with Crippen molar-refractivity contribution in [1.29, 1.82) is 0 Å². The van der Waals surface area contributed by atoms with Crippen molar-refractivity contribution >= 4 is 23.3 Å². The topological polar surface area (TPSA) is 72.5 Å². The summed E-state index contributed by atoms with van der Waals surface area (Å²) in [6.07, 6.45) is 3.98. The molecule has 1 N–H and O–H groups in total. The van der Waals surface area contributed by atoms with E-state index in [4.69, 9.17) is 4.74 Å². The lowest BCUT2D eigenvalue weighted by Crippen LogP contribution is -2.40. The molecule has 2 saturated carbocycles. The second-order valence-electron chi connectivity index (χ2n) is 7.32. The minimum absolute atomic E-state index is 0.00787. The molecule has 0 aliphatic heterocycles. The molecule has 5 nitrogen and oxygen atoms in total. The number of fused-ring (bicyclic) bond motifs is 2. The second kappa shape index (κ2) is 7.38. The number of benzene rings is 1. The largest absolute Gasteiger partial charge is 0.455 e. The van der Waals surface area contributed by atoms with E-state index in [2.05, 4.69) is 5.32 Å². The number of esters is 1. The first-order valence-electron chi connectivity index (χ1n) is 9.02. The number of Topliss-reactive ketones (excluding diaryl/α,β-unsaturated/α-hetero) is 1. The molecule has 3 rings (SSSR count). The van der Waals surface area contributed by atoms with Crippen LogP contribution in [0.1, 0.15) is 43.2 Å². The number of para-hydroxylation sites is 1. The number of ether oxygens (including phenoxy) is 1. The van der Waals surface area contributed by atoms with Crippen LogP contribution in [0.4, 0.5) is 5.69 Å². The average molecular weight is 343 g/mol. The number of hydrogen-bond acceptors (Lipinski definition) is 4. The zero-order valence-corrected chi connectivity index (χ0v) is 14.8. The number of rotatable bonds is 4. The third kappa shape index (κ3) is 3.91. The Kier molecular flexibility index (Phi) is 5.21. The van der Waals surface area contributed by atoms with Gasteiger partial charge >= 0.3 is 5.97 Å². The van der Waals surface area contributed by atoms with Crippen LogP contribution in [0.2, 0.25) is 0 Å². The summed E-state index contributed by atoms with van der Waals surface area (Å²) in [6, 6.07) is 5.78. The highest BCUT2D eigenvalue weighted by Gasteiger charge is 2.41. The normalized spacial score (nSPS) is 25.4. The highest BCUT2D eigenvalue weighted by atomic mass is 16.5. The summed E-state index contributed by atoms with van der Waals surface area (Å²) < 4.78 is 5.23. The number of carbonyl (C=O) groups is 3. The molecule has 134 valence electrons. The van der Waals surface area contributed by atoms with Gasteiger partial charge in [-0.05, 0) is 50.7 Å². The molecule has 5 heteroatoms. The van der Waals surface area contributed by atoms with Crippen molar-refractivity contribution in [1.82, 2.24) is 0 Å². The molecule has 2 atom stereocenters. The summed E-state index contributed by atoms with van der Waals surface area (Å²) in [5, 5.41) is 2.81. The maximum atomic E-state index is 12.3. The number of aryl methyl sites for hydroxylation is 2. The Hall–Kier alpha value is -2.17. The molecule has 1 aromatic rings.